The van der Waals surface area contributed by atoms with E-state index in [0.29, 0.717) is 12.1 Å². The summed E-state index contributed by atoms with van der Waals surface area (Å²) in [7, 11) is 0. The molecule has 0 saturated carbocycles. The summed E-state index contributed by atoms with van der Waals surface area (Å²) >= 11 is 0. The number of aliphatic imine (C=N–C) groups is 1. The Bertz CT molecular complexity index is 1700. The molecule has 0 fully saturated rings. The second-order valence-corrected chi connectivity index (χ2v) is 10.4. The number of pyridine rings is 2. The smallest absolute Gasteiger partial charge is 0.270 e. The maximum atomic E-state index is 13.9. The van der Waals surface area contributed by atoms with Crippen molar-refractivity contribution in [3.8, 4) is 0 Å². The van der Waals surface area contributed by atoms with Gasteiger partial charge < -0.3 is 15.2 Å². The number of carbonyl (C=O) groups is 1. The van der Waals surface area contributed by atoms with Crippen molar-refractivity contribution in [2.75, 3.05) is 19.6 Å². The van der Waals surface area contributed by atoms with Crippen LogP contribution in [0.3, 0.4) is 0 Å². The maximum absolute atomic E-state index is 13.9. The van der Waals surface area contributed by atoms with Gasteiger partial charge in [0.2, 0.25) is 0 Å². The van der Waals surface area contributed by atoms with Crippen LogP contribution in [0.25, 0.3) is 11.0 Å². The van der Waals surface area contributed by atoms with Gasteiger partial charge in [0.1, 0.15) is 17.3 Å². The van der Waals surface area contributed by atoms with Crippen LogP contribution < -0.4 is 5.32 Å². The van der Waals surface area contributed by atoms with E-state index in [0.717, 1.165) is 67.1 Å². The van der Waals surface area contributed by atoms with Crippen LogP contribution in [0.15, 0.2) is 90.1 Å². The van der Waals surface area contributed by atoms with Gasteiger partial charge in [-0.3, -0.25) is 14.8 Å². The summed E-state index contributed by atoms with van der Waals surface area (Å²) in [6, 6.07) is 24.7. The molecule has 0 spiro atoms. The minimum atomic E-state index is -0.449. The highest BCUT2D eigenvalue weighted by Gasteiger charge is 2.16. The maximum Gasteiger partial charge on any atom is 0.270 e. The second-order valence-electron chi connectivity index (χ2n) is 10.4. The summed E-state index contributed by atoms with van der Waals surface area (Å²) in [5, 5.41) is 2.72. The normalized spacial score (nSPS) is 12.5. The van der Waals surface area contributed by atoms with Gasteiger partial charge in [0, 0.05) is 56.5 Å². The number of nitrogens with zero attached hydrogens (tertiary/aromatic N) is 5. The topological polar surface area (TPSA) is 99.2 Å². The van der Waals surface area contributed by atoms with Gasteiger partial charge in [0.15, 0.2) is 0 Å². The average molecular weight is 562 g/mol. The molecule has 0 unspecified atom stereocenters. The van der Waals surface area contributed by atoms with Gasteiger partial charge >= 0.3 is 0 Å². The van der Waals surface area contributed by atoms with Crippen molar-refractivity contribution in [2.24, 2.45) is 4.99 Å². The Hall–Kier alpha value is -4.76. The predicted molar refractivity (Wildman–Crippen MR) is 161 cm³/mol. The largest absolute Gasteiger partial charge is 0.345 e. The molecule has 0 radical (unpaired) electrons. The van der Waals surface area contributed by atoms with Crippen LogP contribution in [0.2, 0.25) is 0 Å². The first-order chi connectivity index (χ1) is 20.6. The fraction of sp³-hybridized carbons (Fsp3) is 0.242. The van der Waals surface area contributed by atoms with Gasteiger partial charge in [-0.25, -0.2) is 14.4 Å². The van der Waals surface area contributed by atoms with Crippen molar-refractivity contribution in [2.45, 2.75) is 32.2 Å². The molecule has 0 atom stereocenters. The number of benzene rings is 2. The van der Waals surface area contributed by atoms with Crippen LogP contribution >= 0.6 is 0 Å². The van der Waals surface area contributed by atoms with E-state index in [-0.39, 0.29) is 18.1 Å². The first kappa shape index (κ1) is 27.4. The van der Waals surface area contributed by atoms with E-state index in [1.54, 1.807) is 6.07 Å². The van der Waals surface area contributed by atoms with E-state index in [4.69, 9.17) is 9.98 Å². The number of imidazole rings is 1. The molecule has 6 rings (SSSR count). The Kier molecular flexibility index (Phi) is 8.37. The Morgan fingerprint density at radius 1 is 0.881 bits per heavy atom. The summed E-state index contributed by atoms with van der Waals surface area (Å²) in [6.07, 6.45) is 4.76. The molecular weight excluding hydrogens is 529 g/mol. The molecule has 1 amide bonds. The average Bonchev–Trinajstić information content (AvgIpc) is 3.64. The van der Waals surface area contributed by atoms with E-state index in [2.05, 4.69) is 43.4 Å². The molecule has 4 heterocycles. The zero-order valence-corrected chi connectivity index (χ0v) is 23.3. The summed E-state index contributed by atoms with van der Waals surface area (Å²) < 4.78 is 13.9. The number of hydrogen-bond acceptors (Lipinski definition) is 6. The first-order valence-corrected chi connectivity index (χ1v) is 14.2. The Balaban J connectivity index is 1.09. The second kappa shape index (κ2) is 12.8. The van der Waals surface area contributed by atoms with E-state index in [1.807, 2.05) is 42.5 Å². The lowest BCUT2D eigenvalue weighted by molar-refractivity contribution is 0.0944. The molecule has 0 aliphatic carbocycles. The van der Waals surface area contributed by atoms with E-state index in [1.165, 1.54) is 29.6 Å². The highest BCUT2D eigenvalue weighted by molar-refractivity contribution is 5.94. The minimum absolute atomic E-state index is 0.000731. The van der Waals surface area contributed by atoms with Crippen molar-refractivity contribution in [3.63, 3.8) is 0 Å². The highest BCUT2D eigenvalue weighted by Crippen LogP contribution is 2.27. The third-order valence-corrected chi connectivity index (χ3v) is 7.46. The van der Waals surface area contributed by atoms with Crippen molar-refractivity contribution in [3.05, 3.63) is 119 Å². The molecule has 0 saturated heterocycles. The number of carbonyl (C=O) groups excluding carboxylic acids is 1. The molecule has 42 heavy (non-hydrogen) atoms. The molecule has 3 aromatic heterocycles. The Morgan fingerprint density at radius 2 is 1.71 bits per heavy atom. The lowest BCUT2D eigenvalue weighted by Gasteiger charge is -2.22. The first-order valence-electron chi connectivity index (χ1n) is 14.2. The third kappa shape index (κ3) is 6.75. The number of aromatic amines is 1. The molecule has 212 valence electrons. The Morgan fingerprint density at radius 3 is 2.60 bits per heavy atom. The van der Waals surface area contributed by atoms with Gasteiger partial charge in [0.25, 0.3) is 5.91 Å². The predicted octanol–water partition coefficient (Wildman–Crippen LogP) is 5.23. The standard InChI is InChI=1S/C33H32FN7O/c34-26-9-6-17-35-31(26)22-36-33(42)30-13-5-8-24(37-30)14-18-41(19-15-25-21-23-7-1-2-10-27(23)38-25)20-16-32-39-28-11-3-4-12-29(28)40-32/h1-13,17H,14-16,18-22H2,(H,36,42)(H,39,40). The van der Waals surface area contributed by atoms with Crippen LogP contribution in [0.4, 0.5) is 10.1 Å². The molecule has 0 bridgehead atoms. The van der Waals surface area contributed by atoms with Gasteiger partial charge in [-0.15, -0.1) is 0 Å². The number of para-hydroxylation sites is 3. The van der Waals surface area contributed by atoms with Gasteiger partial charge in [-0.05, 0) is 54.4 Å². The van der Waals surface area contributed by atoms with Crippen LogP contribution in [0.1, 0.15) is 39.7 Å². The minimum Gasteiger partial charge on any atom is -0.345 e. The van der Waals surface area contributed by atoms with Gasteiger partial charge in [0.05, 0.1) is 29.0 Å². The zero-order valence-electron chi connectivity index (χ0n) is 23.3. The van der Waals surface area contributed by atoms with Crippen LogP contribution in [-0.2, 0) is 25.8 Å². The number of halogens is 1. The van der Waals surface area contributed by atoms with E-state index < -0.39 is 5.82 Å². The number of amides is 1. The monoisotopic (exact) mass is 561 g/mol. The summed E-state index contributed by atoms with van der Waals surface area (Å²) in [5.74, 6) is 0.157. The fourth-order valence-electron chi connectivity index (χ4n) is 5.17. The molecule has 1 aliphatic rings. The van der Waals surface area contributed by atoms with Crippen molar-refractivity contribution < 1.29 is 9.18 Å². The number of fused-ring (bicyclic) bond motifs is 2. The van der Waals surface area contributed by atoms with Crippen LogP contribution in [0, 0.1) is 5.82 Å². The number of rotatable bonds is 12. The number of nitrogens with one attached hydrogen (secondary N) is 2. The lowest BCUT2D eigenvalue weighted by Crippen LogP contribution is -2.31. The molecule has 2 N–H and O–H groups in total. The third-order valence-electron chi connectivity index (χ3n) is 7.46. The lowest BCUT2D eigenvalue weighted by atomic mass is 10.1. The zero-order chi connectivity index (χ0) is 28.7. The van der Waals surface area contributed by atoms with Gasteiger partial charge in [-0.2, -0.15) is 0 Å². The van der Waals surface area contributed by atoms with E-state index >= 15 is 0 Å². The molecular formula is C33H32FN7O. The molecule has 2 aromatic carbocycles. The van der Waals surface area contributed by atoms with Crippen LogP contribution in [-0.4, -0.2) is 56.1 Å². The van der Waals surface area contributed by atoms with Crippen molar-refractivity contribution in [1.82, 2.24) is 30.2 Å². The molecule has 5 aromatic rings. The summed E-state index contributed by atoms with van der Waals surface area (Å²) in [5.41, 5.74) is 6.90. The summed E-state index contributed by atoms with van der Waals surface area (Å²) in [4.78, 5) is 36.8. The van der Waals surface area contributed by atoms with Crippen molar-refractivity contribution >= 4 is 28.3 Å². The van der Waals surface area contributed by atoms with E-state index in [9.17, 15) is 9.18 Å². The van der Waals surface area contributed by atoms with Crippen molar-refractivity contribution in [1.29, 1.82) is 0 Å². The summed E-state index contributed by atoms with van der Waals surface area (Å²) in [6.45, 7) is 2.47. The molecule has 8 nitrogen and oxygen atoms in total. The number of aromatic nitrogens is 4. The quantitative estimate of drug-likeness (QED) is 0.217. The van der Waals surface area contributed by atoms with Gasteiger partial charge in [-0.1, -0.05) is 36.4 Å². The molecule has 9 heteroatoms. The SMILES string of the molecule is O=C(NCc1ncccc1F)c1cccc(CCN(CCC2=Nc3ccccc3C2)CCc2nc3ccccc3[nH]2)n1. The highest BCUT2D eigenvalue weighted by atomic mass is 19.1. The Labute approximate surface area is 243 Å². The number of hydrogen-bond donors (Lipinski definition) is 2. The molecule has 1 aliphatic heterocycles. The number of H-pyrrole nitrogens is 1. The fourth-order valence-corrected chi connectivity index (χ4v) is 5.17. The van der Waals surface area contributed by atoms with Crippen LogP contribution in [0.5, 0.6) is 0 Å².